The first-order valence-electron chi connectivity index (χ1n) is 6.45. The Morgan fingerprint density at radius 1 is 1.47 bits per heavy atom. The van der Waals surface area contributed by atoms with Crippen LogP contribution in [-0.4, -0.2) is 28.1 Å². The van der Waals surface area contributed by atoms with Crippen LogP contribution in [0.3, 0.4) is 0 Å². The summed E-state index contributed by atoms with van der Waals surface area (Å²) in [5, 5.41) is 3.71. The van der Waals surface area contributed by atoms with Crippen molar-refractivity contribution in [2.75, 3.05) is 19.6 Å². The SMILES string of the molecule is Cc1ccc(Cl)cc1S(=O)(=O)NCC[C@@H]1CCNC1. The maximum atomic E-state index is 12.2. The second kappa shape index (κ2) is 6.22. The Bertz CT molecular complexity index is 540. The topological polar surface area (TPSA) is 58.2 Å². The third kappa shape index (κ3) is 3.92. The highest BCUT2D eigenvalue weighted by Crippen LogP contribution is 2.20. The normalized spacial score (nSPS) is 19.8. The molecule has 6 heteroatoms. The molecule has 2 rings (SSSR count). The molecule has 2 N–H and O–H groups in total. The fourth-order valence-electron chi connectivity index (χ4n) is 2.30. The molecule has 1 aromatic rings. The molecule has 0 unspecified atom stereocenters. The van der Waals surface area contributed by atoms with E-state index in [0.717, 1.165) is 25.9 Å². The Hall–Kier alpha value is -0.620. The third-order valence-electron chi connectivity index (χ3n) is 3.45. The van der Waals surface area contributed by atoms with Crippen LogP contribution in [0.2, 0.25) is 5.02 Å². The first-order valence-corrected chi connectivity index (χ1v) is 8.32. The molecule has 1 aliphatic heterocycles. The van der Waals surface area contributed by atoms with Gasteiger partial charge in [-0.05, 0) is 56.5 Å². The highest BCUT2D eigenvalue weighted by molar-refractivity contribution is 7.89. The number of halogens is 1. The fourth-order valence-corrected chi connectivity index (χ4v) is 3.85. The first-order chi connectivity index (χ1) is 8.99. The Morgan fingerprint density at radius 2 is 2.26 bits per heavy atom. The van der Waals surface area contributed by atoms with Crippen LogP contribution in [0.15, 0.2) is 23.1 Å². The highest BCUT2D eigenvalue weighted by Gasteiger charge is 2.19. The van der Waals surface area contributed by atoms with Gasteiger partial charge in [0.05, 0.1) is 4.90 Å². The van der Waals surface area contributed by atoms with Crippen molar-refractivity contribution in [1.29, 1.82) is 0 Å². The van der Waals surface area contributed by atoms with E-state index >= 15 is 0 Å². The Kier molecular flexibility index (Phi) is 4.84. The molecule has 1 atom stereocenters. The van der Waals surface area contributed by atoms with Crippen LogP contribution in [0.4, 0.5) is 0 Å². The van der Waals surface area contributed by atoms with Crippen LogP contribution in [0.1, 0.15) is 18.4 Å². The van der Waals surface area contributed by atoms with E-state index < -0.39 is 10.0 Å². The van der Waals surface area contributed by atoms with E-state index in [1.807, 2.05) is 0 Å². The van der Waals surface area contributed by atoms with Gasteiger partial charge in [0.25, 0.3) is 0 Å². The molecule has 1 saturated heterocycles. The Balaban J connectivity index is 1.99. The van der Waals surface area contributed by atoms with Crippen LogP contribution in [0, 0.1) is 12.8 Å². The van der Waals surface area contributed by atoms with Crippen molar-refractivity contribution >= 4 is 21.6 Å². The molecular formula is C13H19ClN2O2S. The number of hydrogen-bond donors (Lipinski definition) is 2. The van der Waals surface area contributed by atoms with E-state index in [0.29, 0.717) is 23.0 Å². The molecule has 0 spiro atoms. The van der Waals surface area contributed by atoms with Crippen molar-refractivity contribution in [3.63, 3.8) is 0 Å². The summed E-state index contributed by atoms with van der Waals surface area (Å²) in [6.45, 7) is 4.26. The van der Waals surface area contributed by atoms with Gasteiger partial charge in [-0.25, -0.2) is 13.1 Å². The lowest BCUT2D eigenvalue weighted by Gasteiger charge is -2.11. The van der Waals surface area contributed by atoms with Gasteiger partial charge >= 0.3 is 0 Å². The average molecular weight is 303 g/mol. The zero-order valence-electron chi connectivity index (χ0n) is 10.9. The van der Waals surface area contributed by atoms with Gasteiger partial charge in [0.15, 0.2) is 0 Å². The third-order valence-corrected chi connectivity index (χ3v) is 5.28. The summed E-state index contributed by atoms with van der Waals surface area (Å²) in [5.41, 5.74) is 0.708. The number of aryl methyl sites for hydroxylation is 1. The molecule has 0 bridgehead atoms. The van der Waals surface area contributed by atoms with Crippen molar-refractivity contribution in [1.82, 2.24) is 10.0 Å². The molecule has 0 aromatic heterocycles. The standard InChI is InChI=1S/C13H19ClN2O2S/c1-10-2-3-12(14)8-13(10)19(17,18)16-7-5-11-4-6-15-9-11/h2-3,8,11,15-16H,4-7,9H2,1H3/t11-/m0/s1. The van der Waals surface area contributed by atoms with Crippen molar-refractivity contribution < 1.29 is 8.42 Å². The van der Waals surface area contributed by atoms with Gasteiger partial charge < -0.3 is 5.32 Å². The predicted molar refractivity (Wildman–Crippen MR) is 77.0 cm³/mol. The smallest absolute Gasteiger partial charge is 0.240 e. The average Bonchev–Trinajstić information content (AvgIpc) is 2.85. The van der Waals surface area contributed by atoms with Gasteiger partial charge in [-0.3, -0.25) is 0 Å². The lowest BCUT2D eigenvalue weighted by atomic mass is 10.1. The second-order valence-electron chi connectivity index (χ2n) is 4.96. The van der Waals surface area contributed by atoms with Crippen molar-refractivity contribution in [3.8, 4) is 0 Å². The van der Waals surface area contributed by atoms with Gasteiger partial charge in [0.1, 0.15) is 0 Å². The summed E-state index contributed by atoms with van der Waals surface area (Å²) in [6.07, 6.45) is 1.99. The number of rotatable bonds is 5. The summed E-state index contributed by atoms with van der Waals surface area (Å²) < 4.78 is 27.0. The molecule has 1 heterocycles. The maximum absolute atomic E-state index is 12.2. The number of hydrogen-bond acceptors (Lipinski definition) is 3. The number of sulfonamides is 1. The highest BCUT2D eigenvalue weighted by atomic mass is 35.5. The molecule has 106 valence electrons. The molecule has 4 nitrogen and oxygen atoms in total. The summed E-state index contributed by atoms with van der Waals surface area (Å²) in [4.78, 5) is 0.268. The molecule has 1 aromatic carbocycles. The molecule has 0 saturated carbocycles. The van der Waals surface area contributed by atoms with E-state index in [2.05, 4.69) is 10.0 Å². The van der Waals surface area contributed by atoms with Crippen LogP contribution >= 0.6 is 11.6 Å². The van der Waals surface area contributed by atoms with Gasteiger partial charge in [-0.1, -0.05) is 17.7 Å². The quantitative estimate of drug-likeness (QED) is 0.874. The molecule has 1 fully saturated rings. The van der Waals surface area contributed by atoms with E-state index in [1.54, 1.807) is 19.1 Å². The molecule has 1 aliphatic rings. The summed E-state index contributed by atoms with van der Waals surface area (Å²) in [7, 11) is -3.46. The van der Waals surface area contributed by atoms with E-state index in [4.69, 9.17) is 11.6 Å². The van der Waals surface area contributed by atoms with Crippen molar-refractivity contribution in [2.45, 2.75) is 24.7 Å². The molecule has 0 aliphatic carbocycles. The summed E-state index contributed by atoms with van der Waals surface area (Å²) in [6, 6.07) is 4.91. The van der Waals surface area contributed by atoms with Crippen LogP contribution in [0.25, 0.3) is 0 Å². The first kappa shape index (κ1) is 14.8. The predicted octanol–water partition coefficient (Wildman–Crippen LogP) is 1.93. The van der Waals surface area contributed by atoms with Crippen molar-refractivity contribution in [2.24, 2.45) is 5.92 Å². The Labute approximate surface area is 119 Å². The molecule has 19 heavy (non-hydrogen) atoms. The van der Waals surface area contributed by atoms with Gasteiger partial charge in [-0.15, -0.1) is 0 Å². The minimum Gasteiger partial charge on any atom is -0.316 e. The van der Waals surface area contributed by atoms with Crippen molar-refractivity contribution in [3.05, 3.63) is 28.8 Å². The molecule has 0 amide bonds. The van der Waals surface area contributed by atoms with Crippen LogP contribution in [0.5, 0.6) is 0 Å². The van der Waals surface area contributed by atoms with E-state index in [9.17, 15) is 8.42 Å². The van der Waals surface area contributed by atoms with Crippen LogP contribution < -0.4 is 10.0 Å². The minimum absolute atomic E-state index is 0.268. The molecular weight excluding hydrogens is 284 g/mol. The summed E-state index contributed by atoms with van der Waals surface area (Å²) in [5.74, 6) is 0.572. The second-order valence-corrected chi connectivity index (χ2v) is 7.13. The van der Waals surface area contributed by atoms with E-state index in [-0.39, 0.29) is 4.90 Å². The van der Waals surface area contributed by atoms with Gasteiger partial charge in [0.2, 0.25) is 10.0 Å². The summed E-state index contributed by atoms with van der Waals surface area (Å²) >= 11 is 5.86. The van der Waals surface area contributed by atoms with Gasteiger partial charge in [0, 0.05) is 11.6 Å². The monoisotopic (exact) mass is 302 g/mol. The number of nitrogens with one attached hydrogen (secondary N) is 2. The zero-order chi connectivity index (χ0) is 13.9. The van der Waals surface area contributed by atoms with E-state index in [1.165, 1.54) is 6.07 Å². The molecule has 0 radical (unpaired) electrons. The number of benzene rings is 1. The van der Waals surface area contributed by atoms with Crippen LogP contribution in [-0.2, 0) is 10.0 Å². The Morgan fingerprint density at radius 3 is 2.95 bits per heavy atom. The largest absolute Gasteiger partial charge is 0.316 e. The zero-order valence-corrected chi connectivity index (χ0v) is 12.5. The van der Waals surface area contributed by atoms with Gasteiger partial charge in [-0.2, -0.15) is 0 Å². The fraction of sp³-hybridized carbons (Fsp3) is 0.538. The maximum Gasteiger partial charge on any atom is 0.240 e. The minimum atomic E-state index is -3.46. The lowest BCUT2D eigenvalue weighted by molar-refractivity contribution is 0.519. The lowest BCUT2D eigenvalue weighted by Crippen LogP contribution is -2.27.